The molecule has 0 amide bonds. The maximum absolute atomic E-state index is 5.57. The van der Waals surface area contributed by atoms with Crippen molar-refractivity contribution in [1.29, 1.82) is 0 Å². The molecular weight excluding hydrogens is 293 g/mol. The Bertz CT molecular complexity index is 475. The molecule has 0 saturated carbocycles. The van der Waals surface area contributed by atoms with Crippen LogP contribution in [-0.4, -0.2) is 16.1 Å². The number of hydrogen-bond donors (Lipinski definition) is 1. The lowest BCUT2D eigenvalue weighted by molar-refractivity contribution is 0.516. The van der Waals surface area contributed by atoms with E-state index < -0.39 is 0 Å². The Labute approximate surface area is 106 Å². The van der Waals surface area contributed by atoms with Gasteiger partial charge in [0.2, 0.25) is 5.89 Å². The fourth-order valence-corrected chi connectivity index (χ4v) is 1.74. The number of aromatic nitrogens is 2. The normalized spacial score (nSPS) is 10.4. The summed E-state index contributed by atoms with van der Waals surface area (Å²) in [4.78, 5) is 0. The number of aryl methyl sites for hydroxylation is 1. The van der Waals surface area contributed by atoms with Crippen molar-refractivity contribution in [3.63, 3.8) is 0 Å². The van der Waals surface area contributed by atoms with Crippen LogP contribution in [-0.2, 0) is 6.42 Å². The highest BCUT2D eigenvalue weighted by Gasteiger charge is 2.05. The third-order valence-corrected chi connectivity index (χ3v) is 2.53. The van der Waals surface area contributed by atoms with Gasteiger partial charge in [-0.3, -0.25) is 0 Å². The van der Waals surface area contributed by atoms with E-state index in [1.165, 1.54) is 0 Å². The molecule has 0 spiro atoms. The average Bonchev–Trinajstić information content (AvgIpc) is 2.66. The fraction of sp³-hybridized carbons (Fsp3) is 0.200. The van der Waals surface area contributed by atoms with Crippen LogP contribution in [0.1, 0.15) is 5.89 Å². The zero-order chi connectivity index (χ0) is 11.4. The van der Waals surface area contributed by atoms with Crippen LogP contribution >= 0.6 is 27.5 Å². The first-order chi connectivity index (χ1) is 7.78. The van der Waals surface area contributed by atoms with Gasteiger partial charge in [-0.2, -0.15) is 0 Å². The lowest BCUT2D eigenvalue weighted by atomic mass is 10.3. The van der Waals surface area contributed by atoms with Crippen LogP contribution in [0.4, 0.5) is 11.7 Å². The Balaban J connectivity index is 2.08. The molecule has 0 aliphatic heterocycles. The number of halogens is 2. The van der Waals surface area contributed by atoms with Gasteiger partial charge in [0, 0.05) is 22.5 Å². The third kappa shape index (κ3) is 2.96. The Morgan fingerprint density at radius 2 is 2.25 bits per heavy atom. The van der Waals surface area contributed by atoms with Crippen LogP contribution in [0.25, 0.3) is 0 Å². The van der Waals surface area contributed by atoms with Gasteiger partial charge in [0.25, 0.3) is 0 Å². The van der Waals surface area contributed by atoms with Gasteiger partial charge in [0.05, 0.1) is 0 Å². The van der Waals surface area contributed by atoms with E-state index in [1.54, 1.807) is 0 Å². The Kier molecular flexibility index (Phi) is 3.79. The third-order valence-electron chi connectivity index (χ3n) is 1.85. The minimum atomic E-state index is 0.373. The molecule has 2 aromatic rings. The summed E-state index contributed by atoms with van der Waals surface area (Å²) in [5.74, 6) is 1.01. The van der Waals surface area contributed by atoms with E-state index in [2.05, 4.69) is 31.4 Å². The number of benzene rings is 1. The maximum Gasteiger partial charge on any atom is 0.320 e. The van der Waals surface area contributed by atoms with E-state index >= 15 is 0 Å². The highest BCUT2D eigenvalue weighted by atomic mass is 79.9. The second-order valence-electron chi connectivity index (χ2n) is 3.08. The molecule has 1 aromatic carbocycles. The molecule has 0 fully saturated rings. The van der Waals surface area contributed by atoms with Gasteiger partial charge in [0.15, 0.2) is 0 Å². The molecule has 2 rings (SSSR count). The van der Waals surface area contributed by atoms with Gasteiger partial charge >= 0.3 is 6.01 Å². The smallest absolute Gasteiger partial charge is 0.320 e. The summed E-state index contributed by atoms with van der Waals surface area (Å²) < 4.78 is 6.32. The average molecular weight is 303 g/mol. The van der Waals surface area contributed by atoms with Crippen molar-refractivity contribution < 1.29 is 4.42 Å². The van der Waals surface area contributed by atoms with E-state index in [1.807, 2.05) is 24.3 Å². The molecule has 84 valence electrons. The number of nitrogens with one attached hydrogen (secondary N) is 1. The van der Waals surface area contributed by atoms with Crippen LogP contribution in [0.15, 0.2) is 33.2 Å². The number of nitrogens with zero attached hydrogens (tertiary/aromatic N) is 2. The number of hydrogen-bond acceptors (Lipinski definition) is 4. The summed E-state index contributed by atoms with van der Waals surface area (Å²) >= 11 is 8.95. The van der Waals surface area contributed by atoms with E-state index in [0.717, 1.165) is 10.2 Å². The van der Waals surface area contributed by atoms with Crippen LogP contribution < -0.4 is 5.32 Å². The molecular formula is C10H9BrClN3O. The van der Waals surface area contributed by atoms with Crippen molar-refractivity contribution in [2.75, 3.05) is 11.2 Å². The van der Waals surface area contributed by atoms with Crippen molar-refractivity contribution in [3.8, 4) is 0 Å². The van der Waals surface area contributed by atoms with Gasteiger partial charge in [-0.05, 0) is 18.2 Å². The second kappa shape index (κ2) is 5.32. The van der Waals surface area contributed by atoms with Gasteiger partial charge in [0.1, 0.15) is 0 Å². The van der Waals surface area contributed by atoms with Crippen LogP contribution in [0.5, 0.6) is 0 Å². The largest absolute Gasteiger partial charge is 0.408 e. The Hall–Kier alpha value is -1.07. The highest BCUT2D eigenvalue weighted by Crippen LogP contribution is 2.19. The SMILES string of the molecule is ClCCc1nnc(Nc2cccc(Br)c2)o1. The van der Waals surface area contributed by atoms with Gasteiger partial charge in [-0.25, -0.2) is 0 Å². The van der Waals surface area contributed by atoms with Gasteiger partial charge < -0.3 is 9.73 Å². The van der Waals surface area contributed by atoms with Gasteiger partial charge in [-0.1, -0.05) is 27.1 Å². The predicted molar refractivity (Wildman–Crippen MR) is 66.1 cm³/mol. The topological polar surface area (TPSA) is 51.0 Å². The van der Waals surface area contributed by atoms with Crippen molar-refractivity contribution in [3.05, 3.63) is 34.6 Å². The zero-order valence-electron chi connectivity index (χ0n) is 8.28. The van der Waals surface area contributed by atoms with Crippen molar-refractivity contribution in [2.24, 2.45) is 0 Å². The first-order valence-electron chi connectivity index (χ1n) is 4.69. The molecule has 1 aromatic heterocycles. The summed E-state index contributed by atoms with van der Waals surface area (Å²) in [6.07, 6.45) is 0.578. The van der Waals surface area contributed by atoms with E-state index in [4.69, 9.17) is 16.0 Å². The molecule has 1 N–H and O–H groups in total. The molecule has 0 unspecified atom stereocenters. The van der Waals surface area contributed by atoms with E-state index in [0.29, 0.717) is 24.2 Å². The molecule has 0 aliphatic carbocycles. The lowest BCUT2D eigenvalue weighted by Gasteiger charge is -2.00. The zero-order valence-corrected chi connectivity index (χ0v) is 10.6. The van der Waals surface area contributed by atoms with Crippen LogP contribution in [0.3, 0.4) is 0 Å². The van der Waals surface area contributed by atoms with Crippen molar-refractivity contribution in [1.82, 2.24) is 10.2 Å². The molecule has 0 aliphatic rings. The molecule has 0 bridgehead atoms. The first-order valence-corrected chi connectivity index (χ1v) is 6.01. The molecule has 6 heteroatoms. The number of anilines is 2. The van der Waals surface area contributed by atoms with E-state index in [-0.39, 0.29) is 0 Å². The monoisotopic (exact) mass is 301 g/mol. The maximum atomic E-state index is 5.57. The molecule has 16 heavy (non-hydrogen) atoms. The number of rotatable bonds is 4. The van der Waals surface area contributed by atoms with Crippen molar-refractivity contribution >= 4 is 39.2 Å². The van der Waals surface area contributed by atoms with Crippen LogP contribution in [0, 0.1) is 0 Å². The summed E-state index contributed by atoms with van der Waals surface area (Å²) in [5, 5.41) is 10.7. The summed E-state index contributed by atoms with van der Waals surface area (Å²) in [7, 11) is 0. The minimum Gasteiger partial charge on any atom is -0.408 e. The Morgan fingerprint density at radius 1 is 1.38 bits per heavy atom. The summed E-state index contributed by atoms with van der Waals surface area (Å²) in [5.41, 5.74) is 0.885. The first kappa shape index (κ1) is 11.4. The second-order valence-corrected chi connectivity index (χ2v) is 4.37. The highest BCUT2D eigenvalue weighted by molar-refractivity contribution is 9.10. The molecule has 0 atom stereocenters. The predicted octanol–water partition coefficient (Wildman–Crippen LogP) is 3.36. The Morgan fingerprint density at radius 3 is 3.00 bits per heavy atom. The lowest BCUT2D eigenvalue weighted by Crippen LogP contribution is -1.89. The molecule has 4 nitrogen and oxygen atoms in total. The molecule has 0 saturated heterocycles. The van der Waals surface area contributed by atoms with E-state index in [9.17, 15) is 0 Å². The quantitative estimate of drug-likeness (QED) is 0.880. The van der Waals surface area contributed by atoms with Crippen molar-refractivity contribution in [2.45, 2.75) is 6.42 Å². The fourth-order valence-electron chi connectivity index (χ4n) is 1.18. The standard InChI is InChI=1S/C10H9BrClN3O/c11-7-2-1-3-8(6-7)13-10-15-14-9(16-10)4-5-12/h1-3,6H,4-5H2,(H,13,15). The van der Waals surface area contributed by atoms with Crippen LogP contribution in [0.2, 0.25) is 0 Å². The summed E-state index contributed by atoms with van der Waals surface area (Å²) in [6.45, 7) is 0. The van der Waals surface area contributed by atoms with Gasteiger partial charge in [-0.15, -0.1) is 16.7 Å². The summed E-state index contributed by atoms with van der Waals surface area (Å²) in [6, 6.07) is 8.07. The number of alkyl halides is 1. The molecule has 0 radical (unpaired) electrons. The minimum absolute atomic E-state index is 0.373. The molecule has 1 heterocycles.